The highest BCUT2D eigenvalue weighted by Crippen LogP contribution is 2.30. The Balaban J connectivity index is 1.97. The van der Waals surface area contributed by atoms with Crippen LogP contribution in [0, 0.1) is 0 Å². The highest BCUT2D eigenvalue weighted by Gasteiger charge is 2.27. The van der Waals surface area contributed by atoms with Gasteiger partial charge in [0.15, 0.2) is 0 Å². The first-order valence-electron chi connectivity index (χ1n) is 7.40. The predicted octanol–water partition coefficient (Wildman–Crippen LogP) is 2.39. The molecule has 1 aliphatic rings. The number of rotatable bonds is 3. The van der Waals surface area contributed by atoms with Gasteiger partial charge in [-0.2, -0.15) is 0 Å². The summed E-state index contributed by atoms with van der Waals surface area (Å²) in [6, 6.07) is 11.4. The quantitative estimate of drug-likeness (QED) is 0.909. The third-order valence-electron chi connectivity index (χ3n) is 4.32. The first-order valence-corrected chi connectivity index (χ1v) is 7.40. The van der Waals surface area contributed by atoms with E-state index in [1.807, 2.05) is 30.3 Å². The van der Waals surface area contributed by atoms with Crippen molar-refractivity contribution in [2.45, 2.75) is 31.8 Å². The van der Waals surface area contributed by atoms with Crippen molar-refractivity contribution < 1.29 is 9.90 Å². The molecular formula is C17H20N2O2. The first-order chi connectivity index (χ1) is 10.2. The minimum absolute atomic E-state index is 0.225. The largest absolute Gasteiger partial charge is 0.508 e. The lowest BCUT2D eigenvalue weighted by Gasteiger charge is -2.34. The van der Waals surface area contributed by atoms with Gasteiger partial charge < -0.3 is 10.8 Å². The lowest BCUT2D eigenvalue weighted by Crippen LogP contribution is -2.47. The number of phenols is 1. The van der Waals surface area contributed by atoms with Crippen LogP contribution in [0.25, 0.3) is 10.8 Å². The Labute approximate surface area is 124 Å². The number of phenolic OH excluding ortho intramolecular Hbond substituents is 1. The molecule has 21 heavy (non-hydrogen) atoms. The molecule has 0 saturated carbocycles. The molecular weight excluding hydrogens is 264 g/mol. The summed E-state index contributed by atoms with van der Waals surface area (Å²) in [7, 11) is 0. The van der Waals surface area contributed by atoms with Gasteiger partial charge in [-0.1, -0.05) is 36.8 Å². The molecule has 0 aromatic heterocycles. The van der Waals surface area contributed by atoms with Crippen LogP contribution in [0.15, 0.2) is 36.4 Å². The van der Waals surface area contributed by atoms with Crippen molar-refractivity contribution in [3.63, 3.8) is 0 Å². The van der Waals surface area contributed by atoms with Gasteiger partial charge in [-0.15, -0.1) is 0 Å². The smallest absolute Gasteiger partial charge is 0.234 e. The average Bonchev–Trinajstić information content (AvgIpc) is 2.50. The van der Waals surface area contributed by atoms with E-state index in [4.69, 9.17) is 5.73 Å². The normalized spacial score (nSPS) is 19.7. The van der Waals surface area contributed by atoms with Crippen LogP contribution < -0.4 is 5.73 Å². The zero-order valence-electron chi connectivity index (χ0n) is 12.0. The molecule has 110 valence electrons. The maximum Gasteiger partial charge on any atom is 0.234 e. The van der Waals surface area contributed by atoms with Gasteiger partial charge in [0.2, 0.25) is 5.91 Å². The number of piperidine rings is 1. The van der Waals surface area contributed by atoms with Crippen molar-refractivity contribution in [2.24, 2.45) is 5.73 Å². The molecule has 3 N–H and O–H groups in total. The van der Waals surface area contributed by atoms with Gasteiger partial charge >= 0.3 is 0 Å². The Hall–Kier alpha value is -2.07. The van der Waals surface area contributed by atoms with Crippen molar-refractivity contribution in [3.05, 3.63) is 42.0 Å². The topological polar surface area (TPSA) is 66.6 Å². The number of fused-ring (bicyclic) bond motifs is 1. The van der Waals surface area contributed by atoms with Crippen molar-refractivity contribution in [1.82, 2.24) is 4.90 Å². The molecule has 1 atom stereocenters. The minimum Gasteiger partial charge on any atom is -0.508 e. The Morgan fingerprint density at radius 3 is 2.86 bits per heavy atom. The zero-order chi connectivity index (χ0) is 14.8. The number of likely N-dealkylation sites (tertiary alicyclic amines) is 1. The summed E-state index contributed by atoms with van der Waals surface area (Å²) in [5.74, 6) is 0.0110. The second-order valence-corrected chi connectivity index (χ2v) is 5.67. The fourth-order valence-electron chi connectivity index (χ4n) is 3.20. The predicted molar refractivity (Wildman–Crippen MR) is 82.9 cm³/mol. The molecule has 4 heteroatoms. The fourth-order valence-corrected chi connectivity index (χ4v) is 3.20. The van der Waals surface area contributed by atoms with E-state index in [2.05, 4.69) is 4.90 Å². The minimum atomic E-state index is -0.269. The number of benzene rings is 2. The molecule has 0 radical (unpaired) electrons. The van der Waals surface area contributed by atoms with E-state index in [-0.39, 0.29) is 17.7 Å². The number of nitrogens with zero attached hydrogens (tertiary/aromatic N) is 1. The molecule has 0 bridgehead atoms. The van der Waals surface area contributed by atoms with E-state index >= 15 is 0 Å². The maximum atomic E-state index is 11.6. The summed E-state index contributed by atoms with van der Waals surface area (Å²) in [5, 5.41) is 12.4. The van der Waals surface area contributed by atoms with Crippen LogP contribution in [0.1, 0.15) is 24.8 Å². The summed E-state index contributed by atoms with van der Waals surface area (Å²) >= 11 is 0. The monoisotopic (exact) mass is 284 g/mol. The third kappa shape index (κ3) is 2.72. The number of hydrogen-bond acceptors (Lipinski definition) is 3. The van der Waals surface area contributed by atoms with Crippen LogP contribution in [0.3, 0.4) is 0 Å². The summed E-state index contributed by atoms with van der Waals surface area (Å²) in [5.41, 5.74) is 6.39. The number of amides is 1. The van der Waals surface area contributed by atoms with Gasteiger partial charge in [-0.25, -0.2) is 0 Å². The number of carbonyl (C=O) groups excluding carboxylic acids is 1. The van der Waals surface area contributed by atoms with Crippen LogP contribution in [-0.4, -0.2) is 28.5 Å². The second-order valence-electron chi connectivity index (χ2n) is 5.67. The van der Waals surface area contributed by atoms with Gasteiger partial charge in [0, 0.05) is 12.1 Å². The van der Waals surface area contributed by atoms with Crippen molar-refractivity contribution in [3.8, 4) is 5.75 Å². The molecule has 0 spiro atoms. The number of hydrogen-bond donors (Lipinski definition) is 2. The van der Waals surface area contributed by atoms with E-state index < -0.39 is 0 Å². The van der Waals surface area contributed by atoms with E-state index in [0.717, 1.165) is 42.1 Å². The molecule has 4 nitrogen and oxygen atoms in total. The highest BCUT2D eigenvalue weighted by molar-refractivity contribution is 5.87. The number of primary amides is 1. The second kappa shape index (κ2) is 5.74. The molecule has 1 saturated heterocycles. The Kier molecular flexibility index (Phi) is 3.80. The number of carbonyl (C=O) groups is 1. The third-order valence-corrected chi connectivity index (χ3v) is 4.32. The Morgan fingerprint density at radius 1 is 1.24 bits per heavy atom. The Bertz CT molecular complexity index is 669. The first kappa shape index (κ1) is 13.9. The van der Waals surface area contributed by atoms with Crippen molar-refractivity contribution >= 4 is 16.7 Å². The maximum absolute atomic E-state index is 11.6. The van der Waals surface area contributed by atoms with E-state index in [9.17, 15) is 9.90 Å². The van der Waals surface area contributed by atoms with Crippen molar-refractivity contribution in [1.29, 1.82) is 0 Å². The standard InChI is InChI=1S/C17H20N2O2/c18-17(21)15-7-3-4-10-19(15)11-14-13-6-2-1-5-12(13)8-9-16(14)20/h1-2,5-6,8-9,15,20H,3-4,7,10-11H2,(H2,18,21)/t15-/m0/s1. The molecule has 1 fully saturated rings. The zero-order valence-corrected chi connectivity index (χ0v) is 12.0. The molecule has 2 aromatic carbocycles. The van der Waals surface area contributed by atoms with Crippen LogP contribution in [0.2, 0.25) is 0 Å². The van der Waals surface area contributed by atoms with E-state index in [0.29, 0.717) is 6.54 Å². The van der Waals surface area contributed by atoms with Gasteiger partial charge in [-0.3, -0.25) is 9.69 Å². The summed E-state index contributed by atoms with van der Waals surface area (Å²) in [6.07, 6.45) is 2.90. The number of aromatic hydroxyl groups is 1. The number of nitrogens with two attached hydrogens (primary N) is 1. The molecule has 2 aromatic rings. The van der Waals surface area contributed by atoms with Crippen LogP contribution in [0.5, 0.6) is 5.75 Å². The summed E-state index contributed by atoms with van der Waals surface area (Å²) in [6.45, 7) is 1.40. The van der Waals surface area contributed by atoms with Crippen LogP contribution in [0.4, 0.5) is 0 Å². The van der Waals surface area contributed by atoms with Crippen LogP contribution >= 0.6 is 0 Å². The average molecular weight is 284 g/mol. The van der Waals surface area contributed by atoms with E-state index in [1.165, 1.54) is 0 Å². The molecule has 1 heterocycles. The van der Waals surface area contributed by atoms with Gasteiger partial charge in [-0.05, 0) is 36.2 Å². The van der Waals surface area contributed by atoms with Gasteiger partial charge in [0.1, 0.15) is 5.75 Å². The van der Waals surface area contributed by atoms with Gasteiger partial charge in [0.05, 0.1) is 6.04 Å². The lowest BCUT2D eigenvalue weighted by molar-refractivity contribution is -0.124. The summed E-state index contributed by atoms with van der Waals surface area (Å²) in [4.78, 5) is 13.7. The van der Waals surface area contributed by atoms with Crippen molar-refractivity contribution in [2.75, 3.05) is 6.54 Å². The SMILES string of the molecule is NC(=O)[C@@H]1CCCCN1Cc1c(O)ccc2ccccc12. The molecule has 0 unspecified atom stereocenters. The Morgan fingerprint density at radius 2 is 2.05 bits per heavy atom. The molecule has 1 amide bonds. The molecule has 1 aliphatic heterocycles. The highest BCUT2D eigenvalue weighted by atomic mass is 16.3. The lowest BCUT2D eigenvalue weighted by atomic mass is 9.98. The molecule has 0 aliphatic carbocycles. The van der Waals surface area contributed by atoms with Crippen LogP contribution in [-0.2, 0) is 11.3 Å². The van der Waals surface area contributed by atoms with Gasteiger partial charge in [0.25, 0.3) is 0 Å². The fraction of sp³-hybridized carbons (Fsp3) is 0.353. The molecule has 3 rings (SSSR count). The summed E-state index contributed by atoms with van der Waals surface area (Å²) < 4.78 is 0. The van der Waals surface area contributed by atoms with E-state index in [1.54, 1.807) is 6.07 Å².